The van der Waals surface area contributed by atoms with Gasteiger partial charge in [0.15, 0.2) is 6.04 Å². The number of hydrogen-bond donors (Lipinski definition) is 3. The molecule has 0 aliphatic rings. The van der Waals surface area contributed by atoms with Crippen LogP contribution in [0.15, 0.2) is 24.3 Å². The molecule has 0 aliphatic carbocycles. The zero-order valence-electron chi connectivity index (χ0n) is 8.53. The Morgan fingerprint density at radius 1 is 1.38 bits per heavy atom. The molecule has 0 saturated heterocycles. The highest BCUT2D eigenvalue weighted by Crippen LogP contribution is 2.20. The minimum atomic E-state index is -1.30. The molecule has 5 nitrogen and oxygen atoms in total. The SMILES string of the molecule is CNC(C(=O)O)C(=O)Nc1ccccc1Cl. The molecule has 1 amide bonds. The molecule has 16 heavy (non-hydrogen) atoms. The van der Waals surface area contributed by atoms with Gasteiger partial charge in [-0.2, -0.15) is 0 Å². The van der Waals surface area contributed by atoms with E-state index in [2.05, 4.69) is 10.6 Å². The number of carboxylic acid groups (broad SMARTS) is 1. The number of halogens is 1. The van der Waals surface area contributed by atoms with Gasteiger partial charge in [0, 0.05) is 0 Å². The van der Waals surface area contributed by atoms with Crippen LogP contribution in [0.3, 0.4) is 0 Å². The summed E-state index contributed by atoms with van der Waals surface area (Å²) in [5.41, 5.74) is 0.385. The van der Waals surface area contributed by atoms with Gasteiger partial charge in [-0.1, -0.05) is 23.7 Å². The smallest absolute Gasteiger partial charge is 0.330 e. The molecule has 0 fully saturated rings. The topological polar surface area (TPSA) is 78.4 Å². The number of para-hydroxylation sites is 1. The molecule has 1 rings (SSSR count). The first-order chi connectivity index (χ1) is 7.56. The second-order valence-corrected chi connectivity index (χ2v) is 3.44. The van der Waals surface area contributed by atoms with Crippen molar-refractivity contribution in [2.24, 2.45) is 0 Å². The summed E-state index contributed by atoms with van der Waals surface area (Å²) >= 11 is 5.81. The van der Waals surface area contributed by atoms with E-state index in [1.54, 1.807) is 24.3 Å². The number of hydrogen-bond acceptors (Lipinski definition) is 3. The predicted octanol–water partition coefficient (Wildman–Crippen LogP) is 0.951. The number of benzene rings is 1. The van der Waals surface area contributed by atoms with Crippen molar-refractivity contribution in [1.29, 1.82) is 0 Å². The summed E-state index contributed by atoms with van der Waals surface area (Å²) in [5, 5.41) is 13.9. The van der Waals surface area contributed by atoms with Gasteiger partial charge in [-0.15, -0.1) is 0 Å². The summed E-state index contributed by atoms with van der Waals surface area (Å²) in [6.07, 6.45) is 0. The van der Waals surface area contributed by atoms with Crippen molar-refractivity contribution in [3.8, 4) is 0 Å². The molecule has 0 bridgehead atoms. The fourth-order valence-corrected chi connectivity index (χ4v) is 1.32. The third-order valence-corrected chi connectivity index (χ3v) is 2.26. The van der Waals surface area contributed by atoms with Crippen molar-refractivity contribution in [1.82, 2.24) is 5.32 Å². The van der Waals surface area contributed by atoms with Crippen molar-refractivity contribution < 1.29 is 14.7 Å². The Hall–Kier alpha value is -1.59. The maximum atomic E-state index is 11.5. The van der Waals surface area contributed by atoms with Crippen LogP contribution in [0.25, 0.3) is 0 Å². The van der Waals surface area contributed by atoms with E-state index in [0.29, 0.717) is 10.7 Å². The summed E-state index contributed by atoms with van der Waals surface area (Å²) < 4.78 is 0. The van der Waals surface area contributed by atoms with E-state index in [0.717, 1.165) is 0 Å². The van der Waals surface area contributed by atoms with Gasteiger partial charge in [0.25, 0.3) is 5.91 Å². The van der Waals surface area contributed by atoms with Crippen LogP contribution in [-0.4, -0.2) is 30.1 Å². The van der Waals surface area contributed by atoms with Gasteiger partial charge in [0.2, 0.25) is 0 Å². The summed E-state index contributed by atoms with van der Waals surface area (Å²) in [7, 11) is 1.39. The molecule has 1 aromatic carbocycles. The van der Waals surface area contributed by atoms with E-state index < -0.39 is 17.9 Å². The number of carbonyl (C=O) groups is 2. The lowest BCUT2D eigenvalue weighted by Crippen LogP contribution is -2.44. The highest BCUT2D eigenvalue weighted by Gasteiger charge is 2.24. The van der Waals surface area contributed by atoms with Crippen LogP contribution in [0.4, 0.5) is 5.69 Å². The minimum Gasteiger partial charge on any atom is -0.480 e. The molecular weight excluding hydrogens is 232 g/mol. The average Bonchev–Trinajstić information content (AvgIpc) is 2.22. The minimum absolute atomic E-state index is 0.357. The Kier molecular flexibility index (Phi) is 4.28. The standard InChI is InChI=1S/C10H11ClN2O3/c1-12-8(10(15)16)9(14)13-7-5-3-2-4-6(7)11/h2-5,8,12H,1H3,(H,13,14)(H,15,16). The quantitative estimate of drug-likeness (QED) is 0.687. The van der Waals surface area contributed by atoms with E-state index in [1.807, 2.05) is 0 Å². The van der Waals surface area contributed by atoms with E-state index in [-0.39, 0.29) is 0 Å². The van der Waals surface area contributed by atoms with Gasteiger partial charge >= 0.3 is 5.97 Å². The van der Waals surface area contributed by atoms with Crippen LogP contribution in [0.2, 0.25) is 5.02 Å². The molecule has 86 valence electrons. The third kappa shape index (κ3) is 2.95. The lowest BCUT2D eigenvalue weighted by atomic mass is 10.2. The van der Waals surface area contributed by atoms with Crippen molar-refractivity contribution in [2.45, 2.75) is 6.04 Å². The first-order valence-electron chi connectivity index (χ1n) is 4.51. The average molecular weight is 243 g/mol. The lowest BCUT2D eigenvalue weighted by Gasteiger charge is -2.12. The number of anilines is 1. The van der Waals surface area contributed by atoms with E-state index >= 15 is 0 Å². The van der Waals surface area contributed by atoms with Gasteiger partial charge in [-0.3, -0.25) is 10.1 Å². The third-order valence-electron chi connectivity index (χ3n) is 1.93. The highest BCUT2D eigenvalue weighted by molar-refractivity contribution is 6.33. The number of nitrogens with one attached hydrogen (secondary N) is 2. The van der Waals surface area contributed by atoms with Gasteiger partial charge in [0.05, 0.1) is 10.7 Å². The highest BCUT2D eigenvalue weighted by atomic mass is 35.5. The van der Waals surface area contributed by atoms with Crippen LogP contribution in [0.5, 0.6) is 0 Å². The zero-order valence-corrected chi connectivity index (χ0v) is 9.28. The zero-order chi connectivity index (χ0) is 12.1. The Morgan fingerprint density at radius 2 is 2.00 bits per heavy atom. The van der Waals surface area contributed by atoms with Gasteiger partial charge in [-0.25, -0.2) is 4.79 Å². The van der Waals surface area contributed by atoms with Gasteiger partial charge < -0.3 is 10.4 Å². The number of aliphatic carboxylic acids is 1. The Morgan fingerprint density at radius 3 is 2.50 bits per heavy atom. The Balaban J connectivity index is 2.78. The molecule has 6 heteroatoms. The van der Waals surface area contributed by atoms with Crippen molar-refractivity contribution in [2.75, 3.05) is 12.4 Å². The summed E-state index contributed by atoms with van der Waals surface area (Å²) in [5.74, 6) is -1.91. The molecule has 0 saturated carbocycles. The summed E-state index contributed by atoms with van der Waals surface area (Å²) in [6.45, 7) is 0. The van der Waals surface area contributed by atoms with Crippen molar-refractivity contribution in [3.05, 3.63) is 29.3 Å². The normalized spacial score (nSPS) is 11.9. The fraction of sp³-hybridized carbons (Fsp3) is 0.200. The lowest BCUT2D eigenvalue weighted by molar-refractivity contribution is -0.142. The molecule has 0 spiro atoms. The maximum absolute atomic E-state index is 11.5. The van der Waals surface area contributed by atoms with E-state index in [9.17, 15) is 9.59 Å². The molecule has 0 radical (unpaired) electrons. The first kappa shape index (κ1) is 12.5. The fourth-order valence-electron chi connectivity index (χ4n) is 1.13. The predicted molar refractivity (Wildman–Crippen MR) is 60.6 cm³/mol. The largest absolute Gasteiger partial charge is 0.480 e. The molecule has 0 aliphatic heterocycles. The van der Waals surface area contributed by atoms with Crippen LogP contribution < -0.4 is 10.6 Å². The number of amides is 1. The van der Waals surface area contributed by atoms with Crippen molar-refractivity contribution in [3.63, 3.8) is 0 Å². The Labute approximate surface area is 97.4 Å². The number of rotatable bonds is 4. The van der Waals surface area contributed by atoms with Crippen LogP contribution in [0, 0.1) is 0 Å². The molecule has 1 unspecified atom stereocenters. The number of carboxylic acids is 1. The molecule has 1 aromatic rings. The number of likely N-dealkylation sites (N-methyl/N-ethyl adjacent to an activating group) is 1. The van der Waals surface area contributed by atoms with E-state index in [1.165, 1.54) is 7.05 Å². The summed E-state index contributed by atoms with van der Waals surface area (Å²) in [6, 6.07) is 5.30. The molecule has 0 aromatic heterocycles. The van der Waals surface area contributed by atoms with Crippen molar-refractivity contribution >= 4 is 29.2 Å². The Bertz CT molecular complexity index is 409. The molecule has 3 N–H and O–H groups in total. The van der Waals surface area contributed by atoms with Crippen LogP contribution >= 0.6 is 11.6 Å². The summed E-state index contributed by atoms with van der Waals surface area (Å²) in [4.78, 5) is 22.2. The van der Waals surface area contributed by atoms with Crippen LogP contribution in [0.1, 0.15) is 0 Å². The maximum Gasteiger partial charge on any atom is 0.330 e. The van der Waals surface area contributed by atoms with Crippen LogP contribution in [-0.2, 0) is 9.59 Å². The second-order valence-electron chi connectivity index (χ2n) is 3.03. The first-order valence-corrected chi connectivity index (χ1v) is 4.89. The second kappa shape index (κ2) is 5.48. The molecule has 1 atom stereocenters. The van der Waals surface area contributed by atoms with Gasteiger partial charge in [0.1, 0.15) is 0 Å². The van der Waals surface area contributed by atoms with Gasteiger partial charge in [-0.05, 0) is 19.2 Å². The van der Waals surface area contributed by atoms with E-state index in [4.69, 9.17) is 16.7 Å². The monoisotopic (exact) mass is 242 g/mol. The number of carbonyl (C=O) groups excluding carboxylic acids is 1. The molecular formula is C10H11ClN2O3. The molecule has 0 heterocycles.